The first kappa shape index (κ1) is 29.7. The molecule has 37 heavy (non-hydrogen) atoms. The van der Waals surface area contributed by atoms with Crippen LogP contribution in [-0.4, -0.2) is 49.0 Å². The molecule has 1 aliphatic heterocycles. The lowest BCUT2D eigenvalue weighted by Crippen LogP contribution is -2.41. The van der Waals surface area contributed by atoms with E-state index in [9.17, 15) is 52.3 Å². The van der Waals surface area contributed by atoms with Gasteiger partial charge in [-0.25, -0.2) is 9.59 Å². The van der Waals surface area contributed by atoms with Gasteiger partial charge in [-0.15, -0.1) is 10.1 Å². The van der Waals surface area contributed by atoms with Crippen LogP contribution in [0.25, 0.3) is 6.08 Å². The average molecular weight is 575 g/mol. The van der Waals surface area contributed by atoms with E-state index in [2.05, 4.69) is 19.0 Å². The number of carbonyl (C=O) groups is 2. The smallest absolute Gasteiger partial charge is 0.475 e. The van der Waals surface area contributed by atoms with Crippen LogP contribution in [0.1, 0.15) is 25.0 Å². The number of rotatable bonds is 9. The van der Waals surface area contributed by atoms with E-state index in [-0.39, 0.29) is 18.2 Å². The molecule has 0 aromatic heterocycles. The second kappa shape index (κ2) is 9.42. The van der Waals surface area contributed by atoms with Crippen molar-refractivity contribution in [2.24, 2.45) is 0 Å². The van der Waals surface area contributed by atoms with Crippen molar-refractivity contribution in [3.05, 3.63) is 38.9 Å². The van der Waals surface area contributed by atoms with Crippen LogP contribution in [0.2, 0.25) is 0 Å². The summed E-state index contributed by atoms with van der Waals surface area (Å²) in [5.74, 6) is -2.67. The zero-order chi connectivity index (χ0) is 28.5. The molecule has 0 N–H and O–H groups in total. The van der Waals surface area contributed by atoms with Crippen LogP contribution in [0, 0.1) is 10.1 Å². The van der Waals surface area contributed by atoms with E-state index in [0.717, 1.165) is 6.92 Å². The van der Waals surface area contributed by atoms with Crippen molar-refractivity contribution in [1.82, 2.24) is 0 Å². The first-order chi connectivity index (χ1) is 16.6. The first-order valence-corrected chi connectivity index (χ1v) is 11.7. The zero-order valence-electron chi connectivity index (χ0n) is 18.6. The number of benzene rings is 1. The molecule has 1 aromatic rings. The van der Waals surface area contributed by atoms with Crippen molar-refractivity contribution in [2.45, 2.75) is 43.5 Å². The number of hydrogen-bond donors (Lipinski definition) is 0. The molecule has 0 aliphatic carbocycles. The molecule has 210 valence electrons. The molecule has 1 heterocycles. The molecule has 0 saturated heterocycles. The molecule has 2 rings (SSSR count). The van der Waals surface area contributed by atoms with Crippen molar-refractivity contribution >= 4 is 28.4 Å². The third-order valence-electron chi connectivity index (χ3n) is 4.44. The Balaban J connectivity index is 2.29. The first-order valence-electron chi connectivity index (χ1n) is 9.76. The van der Waals surface area contributed by atoms with E-state index in [4.69, 9.17) is 4.74 Å². The minimum absolute atomic E-state index is 0.0257. The fraction of sp³-hybridized carbons (Fsp3) is 0.444. The summed E-state index contributed by atoms with van der Waals surface area (Å²) in [6, 6.07) is -0.180. The number of aryl methyl sites for hydroxylation is 1. The van der Waals surface area contributed by atoms with E-state index in [1.165, 1.54) is 6.92 Å². The van der Waals surface area contributed by atoms with E-state index in [1.807, 2.05) is 0 Å². The lowest BCUT2D eigenvalue weighted by atomic mass is 9.98. The van der Waals surface area contributed by atoms with E-state index >= 15 is 0 Å². The summed E-state index contributed by atoms with van der Waals surface area (Å²) in [4.78, 5) is 35.3. The van der Waals surface area contributed by atoms with Gasteiger partial charge in [0.05, 0.1) is 5.57 Å². The van der Waals surface area contributed by atoms with Crippen LogP contribution < -0.4 is 4.74 Å². The maximum Gasteiger partial charge on any atom is 0.511 e. The number of esters is 1. The summed E-state index contributed by atoms with van der Waals surface area (Å²) in [7, 11) is -10.3. The van der Waals surface area contributed by atoms with Gasteiger partial charge >= 0.3 is 28.5 Å². The van der Waals surface area contributed by atoms with Crippen molar-refractivity contribution < 1.29 is 71.1 Å². The van der Waals surface area contributed by atoms with Crippen molar-refractivity contribution in [2.75, 3.05) is 13.4 Å². The maximum atomic E-state index is 13.6. The van der Waals surface area contributed by atoms with E-state index in [1.54, 1.807) is 0 Å². The van der Waals surface area contributed by atoms with Gasteiger partial charge in [-0.05, 0) is 37.1 Å². The van der Waals surface area contributed by atoms with Crippen LogP contribution >= 0.6 is 10.2 Å². The van der Waals surface area contributed by atoms with Gasteiger partial charge in [0, 0.05) is 5.56 Å². The molecule has 19 heteroatoms. The highest BCUT2D eigenvalue weighted by atomic mass is 32.5. The van der Waals surface area contributed by atoms with Crippen LogP contribution in [0.3, 0.4) is 0 Å². The fourth-order valence-corrected chi connectivity index (χ4v) is 3.58. The molecule has 0 bridgehead atoms. The second-order valence-corrected chi connectivity index (χ2v) is 9.76. The Morgan fingerprint density at radius 1 is 1.16 bits per heavy atom. The molecule has 1 aromatic carbocycles. The highest BCUT2D eigenvalue weighted by Gasteiger charge is 2.66. The summed E-state index contributed by atoms with van der Waals surface area (Å²) >= 11 is 0. The van der Waals surface area contributed by atoms with Gasteiger partial charge in [0.15, 0.2) is 0 Å². The van der Waals surface area contributed by atoms with Gasteiger partial charge in [0.25, 0.3) is 5.09 Å². The molecular formula is C18H17F8NO9S. The Morgan fingerprint density at radius 3 is 2.30 bits per heavy atom. The van der Waals surface area contributed by atoms with Crippen LogP contribution in [0.4, 0.5) is 37.4 Å². The van der Waals surface area contributed by atoms with Gasteiger partial charge in [0.2, 0.25) is 12.9 Å². The molecule has 0 radical (unpaired) electrons. The highest BCUT2D eigenvalue weighted by molar-refractivity contribution is 8.45. The standard InChI is InChI=1S/C18H17F8NO9S/c1-3-10-4-12(37(22,23,24,25)26)5-11-6-13(15(18(19,20)21)36-14(10)11)16(28)32-8-33-17(29)35-9(2)7-34-27(30)31/h4-6,9,15H,3,7-8H2,1-2H3/t9-,15?/m0/s1. The van der Waals surface area contributed by atoms with Crippen LogP contribution in [0.5, 0.6) is 5.75 Å². The third-order valence-corrected chi connectivity index (χ3v) is 5.56. The van der Waals surface area contributed by atoms with Gasteiger partial charge < -0.3 is 23.8 Å². The summed E-state index contributed by atoms with van der Waals surface area (Å²) in [6.45, 7) is 0.253. The number of ether oxygens (including phenoxy) is 4. The van der Waals surface area contributed by atoms with E-state index < -0.39 is 93.0 Å². The molecule has 1 unspecified atom stereocenters. The SMILES string of the molecule is CCc1cc(S(F)(F)(F)(F)F)cc2c1OC(C(F)(F)F)C(C(=O)OCOC(=O)O[C@@H](C)CO[N+](=O)[O-])=C2. The van der Waals surface area contributed by atoms with Crippen molar-refractivity contribution in [1.29, 1.82) is 0 Å². The highest BCUT2D eigenvalue weighted by Crippen LogP contribution is 3.02. The lowest BCUT2D eigenvalue weighted by molar-refractivity contribution is -0.759. The van der Waals surface area contributed by atoms with Gasteiger partial charge in [-0.1, -0.05) is 26.4 Å². The molecule has 0 spiro atoms. The van der Waals surface area contributed by atoms with Gasteiger partial charge in [0.1, 0.15) is 23.4 Å². The number of fused-ring (bicyclic) bond motifs is 1. The summed E-state index contributed by atoms with van der Waals surface area (Å²) < 4.78 is 125. The molecular weight excluding hydrogens is 558 g/mol. The molecule has 0 saturated carbocycles. The Labute approximate surface area is 201 Å². The number of alkyl halides is 3. The Morgan fingerprint density at radius 2 is 1.78 bits per heavy atom. The Kier molecular flexibility index (Phi) is 7.56. The molecule has 2 atom stereocenters. The number of hydrogen-bond acceptors (Lipinski definition) is 9. The summed E-state index contributed by atoms with van der Waals surface area (Å²) in [5.41, 5.74) is -2.94. The molecule has 1 aliphatic rings. The Hall–Kier alpha value is -3.51. The van der Waals surface area contributed by atoms with E-state index in [0.29, 0.717) is 0 Å². The maximum absolute atomic E-state index is 13.6. The van der Waals surface area contributed by atoms with Gasteiger partial charge in [-0.3, -0.25) is 0 Å². The predicted octanol–water partition coefficient (Wildman–Crippen LogP) is 5.86. The van der Waals surface area contributed by atoms with Gasteiger partial charge in [-0.2, -0.15) is 13.2 Å². The lowest BCUT2D eigenvalue weighted by Gasteiger charge is -2.41. The predicted molar refractivity (Wildman–Crippen MR) is 107 cm³/mol. The quantitative estimate of drug-likeness (QED) is 0.117. The minimum atomic E-state index is -10.3. The second-order valence-electron chi connectivity index (χ2n) is 7.35. The largest absolute Gasteiger partial charge is 0.511 e. The normalized spacial score (nSPS) is 18.1. The molecule has 0 fully saturated rings. The topological polar surface area (TPSA) is 123 Å². The molecule has 0 amide bonds. The fourth-order valence-electron chi connectivity index (χ4n) is 2.87. The van der Waals surface area contributed by atoms with Crippen LogP contribution in [-0.2, 0) is 30.3 Å². The summed E-state index contributed by atoms with van der Waals surface area (Å²) in [5, 5.41) is 8.87. The van der Waals surface area contributed by atoms with Crippen molar-refractivity contribution in [3.8, 4) is 5.75 Å². The minimum Gasteiger partial charge on any atom is -0.475 e. The Bertz CT molecular complexity index is 1120. The summed E-state index contributed by atoms with van der Waals surface area (Å²) in [6.07, 6.45) is -11.4. The number of halogens is 8. The van der Waals surface area contributed by atoms with Crippen molar-refractivity contribution in [3.63, 3.8) is 0 Å². The monoisotopic (exact) mass is 575 g/mol. The third kappa shape index (κ3) is 7.99. The average Bonchev–Trinajstić information content (AvgIpc) is 2.73. The zero-order valence-corrected chi connectivity index (χ0v) is 19.4. The number of carbonyl (C=O) groups excluding carboxylic acids is 2. The van der Waals surface area contributed by atoms with Crippen LogP contribution in [0.15, 0.2) is 22.6 Å². The number of nitrogens with zero attached hydrogens (tertiary/aromatic N) is 1. The molecule has 10 nitrogen and oxygen atoms in total.